The Morgan fingerprint density at radius 1 is 1.47 bits per heavy atom. The standard InChI is InChI=1S/C15H23ClN2O/c1-10-6-11(2)17-14(13(10)7-16)18-8-12(3)19-15(4,5)9-18/h6,12H,7-9H2,1-5H3. The zero-order valence-corrected chi connectivity index (χ0v) is 13.2. The number of nitrogens with zero attached hydrogens (tertiary/aromatic N) is 2. The summed E-state index contributed by atoms with van der Waals surface area (Å²) < 4.78 is 5.96. The van der Waals surface area contributed by atoms with Crippen molar-refractivity contribution in [2.24, 2.45) is 0 Å². The molecular formula is C15H23ClN2O. The molecule has 1 aromatic rings. The molecule has 0 amide bonds. The second kappa shape index (κ2) is 5.29. The fourth-order valence-corrected chi connectivity index (χ4v) is 3.22. The minimum Gasteiger partial charge on any atom is -0.369 e. The van der Waals surface area contributed by atoms with Crippen molar-refractivity contribution in [3.63, 3.8) is 0 Å². The highest BCUT2D eigenvalue weighted by Gasteiger charge is 2.33. The van der Waals surface area contributed by atoms with Gasteiger partial charge in [-0.2, -0.15) is 0 Å². The van der Waals surface area contributed by atoms with Crippen molar-refractivity contribution < 1.29 is 4.74 Å². The minimum atomic E-state index is -0.152. The van der Waals surface area contributed by atoms with Gasteiger partial charge in [0.1, 0.15) is 5.82 Å². The third-order valence-electron chi connectivity index (χ3n) is 3.46. The molecule has 1 aliphatic rings. The lowest BCUT2D eigenvalue weighted by molar-refractivity contribution is -0.0752. The van der Waals surface area contributed by atoms with Gasteiger partial charge in [-0.05, 0) is 46.2 Å². The average Bonchev–Trinajstić information content (AvgIpc) is 2.25. The molecule has 1 aliphatic heterocycles. The van der Waals surface area contributed by atoms with Gasteiger partial charge >= 0.3 is 0 Å². The fraction of sp³-hybridized carbons (Fsp3) is 0.667. The first kappa shape index (κ1) is 14.6. The third-order valence-corrected chi connectivity index (χ3v) is 3.72. The molecule has 1 fully saturated rings. The van der Waals surface area contributed by atoms with Crippen LogP contribution >= 0.6 is 11.6 Å². The number of pyridine rings is 1. The van der Waals surface area contributed by atoms with Crippen molar-refractivity contribution in [2.45, 2.75) is 52.2 Å². The number of rotatable bonds is 2. The van der Waals surface area contributed by atoms with E-state index in [2.05, 4.69) is 38.7 Å². The quantitative estimate of drug-likeness (QED) is 0.777. The molecular weight excluding hydrogens is 260 g/mol. The first-order valence-corrected chi connectivity index (χ1v) is 7.31. The first-order valence-electron chi connectivity index (χ1n) is 6.78. The molecule has 3 nitrogen and oxygen atoms in total. The molecule has 19 heavy (non-hydrogen) atoms. The van der Waals surface area contributed by atoms with Crippen LogP contribution < -0.4 is 4.90 Å². The number of hydrogen-bond acceptors (Lipinski definition) is 3. The maximum atomic E-state index is 6.12. The topological polar surface area (TPSA) is 25.4 Å². The number of halogens is 1. The summed E-state index contributed by atoms with van der Waals surface area (Å²) in [7, 11) is 0. The van der Waals surface area contributed by atoms with Crippen LogP contribution in [0.1, 0.15) is 37.6 Å². The largest absolute Gasteiger partial charge is 0.369 e. The fourth-order valence-electron chi connectivity index (χ4n) is 2.89. The summed E-state index contributed by atoms with van der Waals surface area (Å²) in [6.07, 6.45) is 0.203. The van der Waals surface area contributed by atoms with Crippen LogP contribution in [-0.2, 0) is 10.6 Å². The lowest BCUT2D eigenvalue weighted by Crippen LogP contribution is -2.52. The Morgan fingerprint density at radius 3 is 2.74 bits per heavy atom. The Labute approximate surface area is 120 Å². The highest BCUT2D eigenvalue weighted by atomic mass is 35.5. The van der Waals surface area contributed by atoms with E-state index in [0.29, 0.717) is 5.88 Å². The number of aromatic nitrogens is 1. The van der Waals surface area contributed by atoms with Crippen LogP contribution in [0.15, 0.2) is 6.07 Å². The zero-order chi connectivity index (χ0) is 14.2. The van der Waals surface area contributed by atoms with Gasteiger partial charge < -0.3 is 9.64 Å². The van der Waals surface area contributed by atoms with Crippen LogP contribution in [0.2, 0.25) is 0 Å². The van der Waals surface area contributed by atoms with E-state index in [4.69, 9.17) is 21.3 Å². The predicted octanol–water partition coefficient (Wildman–Crippen LogP) is 3.44. The number of ether oxygens (including phenoxy) is 1. The maximum Gasteiger partial charge on any atom is 0.133 e. The smallest absolute Gasteiger partial charge is 0.133 e. The molecule has 0 bridgehead atoms. The Hall–Kier alpha value is -0.800. The van der Waals surface area contributed by atoms with E-state index in [1.165, 1.54) is 5.56 Å². The van der Waals surface area contributed by atoms with E-state index >= 15 is 0 Å². The van der Waals surface area contributed by atoms with Gasteiger partial charge in [-0.3, -0.25) is 0 Å². The van der Waals surface area contributed by atoms with E-state index in [-0.39, 0.29) is 11.7 Å². The van der Waals surface area contributed by atoms with Gasteiger partial charge in [-0.1, -0.05) is 0 Å². The second-order valence-electron chi connectivity index (χ2n) is 6.09. The highest BCUT2D eigenvalue weighted by Crippen LogP contribution is 2.29. The zero-order valence-electron chi connectivity index (χ0n) is 12.5. The lowest BCUT2D eigenvalue weighted by Gasteiger charge is -2.43. The average molecular weight is 283 g/mol. The van der Waals surface area contributed by atoms with Gasteiger partial charge in [0.05, 0.1) is 17.6 Å². The molecule has 0 aromatic carbocycles. The molecule has 2 heterocycles. The molecule has 0 N–H and O–H groups in total. The van der Waals surface area contributed by atoms with Crippen LogP contribution in [0.5, 0.6) is 0 Å². The Balaban J connectivity index is 2.40. The minimum absolute atomic E-state index is 0.152. The van der Waals surface area contributed by atoms with Crippen LogP contribution in [0.3, 0.4) is 0 Å². The summed E-state index contributed by atoms with van der Waals surface area (Å²) in [5.41, 5.74) is 3.24. The van der Waals surface area contributed by atoms with Crippen LogP contribution in [-0.4, -0.2) is 29.8 Å². The van der Waals surface area contributed by atoms with E-state index in [1.54, 1.807) is 0 Å². The van der Waals surface area contributed by atoms with Crippen molar-refractivity contribution >= 4 is 17.4 Å². The van der Waals surface area contributed by atoms with Gasteiger partial charge in [-0.15, -0.1) is 11.6 Å². The van der Waals surface area contributed by atoms with Gasteiger partial charge in [0.15, 0.2) is 0 Å². The molecule has 1 aromatic heterocycles. The van der Waals surface area contributed by atoms with Gasteiger partial charge in [0.25, 0.3) is 0 Å². The molecule has 1 unspecified atom stereocenters. The van der Waals surface area contributed by atoms with E-state index < -0.39 is 0 Å². The predicted molar refractivity (Wildman–Crippen MR) is 80.1 cm³/mol. The number of hydrogen-bond donors (Lipinski definition) is 0. The first-order chi connectivity index (χ1) is 8.82. The van der Waals surface area contributed by atoms with E-state index in [1.807, 2.05) is 6.92 Å². The van der Waals surface area contributed by atoms with Crippen LogP contribution in [0.25, 0.3) is 0 Å². The molecule has 1 atom stereocenters. The molecule has 0 radical (unpaired) electrons. The molecule has 4 heteroatoms. The van der Waals surface area contributed by atoms with Crippen molar-refractivity contribution in [3.05, 3.63) is 22.9 Å². The molecule has 0 aliphatic carbocycles. The van der Waals surface area contributed by atoms with Gasteiger partial charge in [0.2, 0.25) is 0 Å². The Kier molecular flexibility index (Phi) is 4.07. The molecule has 0 spiro atoms. The van der Waals surface area contributed by atoms with Gasteiger partial charge in [0, 0.05) is 24.3 Å². The summed E-state index contributed by atoms with van der Waals surface area (Å²) >= 11 is 6.12. The van der Waals surface area contributed by atoms with Crippen LogP contribution in [0.4, 0.5) is 5.82 Å². The second-order valence-corrected chi connectivity index (χ2v) is 6.35. The summed E-state index contributed by atoms with van der Waals surface area (Å²) in [6, 6.07) is 2.09. The maximum absolute atomic E-state index is 6.12. The molecule has 2 rings (SSSR count). The molecule has 1 saturated heterocycles. The third kappa shape index (κ3) is 3.21. The number of aryl methyl sites for hydroxylation is 2. The monoisotopic (exact) mass is 282 g/mol. The van der Waals surface area contributed by atoms with Gasteiger partial charge in [-0.25, -0.2) is 4.98 Å². The summed E-state index contributed by atoms with van der Waals surface area (Å²) in [5, 5.41) is 0. The number of anilines is 1. The Bertz CT molecular complexity index is 473. The molecule has 0 saturated carbocycles. The summed E-state index contributed by atoms with van der Waals surface area (Å²) in [4.78, 5) is 7.03. The summed E-state index contributed by atoms with van der Waals surface area (Å²) in [6.45, 7) is 12.2. The van der Waals surface area contributed by atoms with E-state index in [9.17, 15) is 0 Å². The number of morpholine rings is 1. The van der Waals surface area contributed by atoms with Crippen molar-refractivity contribution in [1.82, 2.24) is 4.98 Å². The van der Waals surface area contributed by atoms with Crippen LogP contribution in [0, 0.1) is 13.8 Å². The normalized spacial score (nSPS) is 22.6. The SMILES string of the molecule is Cc1cc(C)c(CCl)c(N2CC(C)OC(C)(C)C2)n1. The Morgan fingerprint density at radius 2 is 2.16 bits per heavy atom. The summed E-state index contributed by atoms with van der Waals surface area (Å²) in [5.74, 6) is 1.52. The van der Waals surface area contributed by atoms with Crippen molar-refractivity contribution in [3.8, 4) is 0 Å². The van der Waals surface area contributed by atoms with E-state index in [0.717, 1.165) is 30.2 Å². The van der Waals surface area contributed by atoms with Crippen molar-refractivity contribution in [2.75, 3.05) is 18.0 Å². The highest BCUT2D eigenvalue weighted by molar-refractivity contribution is 6.17. The van der Waals surface area contributed by atoms with Crippen molar-refractivity contribution in [1.29, 1.82) is 0 Å². The number of alkyl halides is 1. The molecule has 106 valence electrons. The lowest BCUT2D eigenvalue weighted by atomic mass is 10.0.